The molecule has 0 radical (unpaired) electrons. The Morgan fingerprint density at radius 2 is 0.756 bits per heavy atom. The monoisotopic (exact) mass is 600 g/mol. The molecule has 0 spiro atoms. The van der Waals surface area contributed by atoms with E-state index in [0.29, 0.717) is 0 Å². The first kappa shape index (κ1) is 10.1. The van der Waals surface area contributed by atoms with Crippen molar-refractivity contribution in [3.05, 3.63) is 169 Å². The Labute approximate surface area is 301 Å². The van der Waals surface area contributed by atoms with E-state index in [1.165, 1.54) is 0 Å². The molecule has 9 aromatic rings. The summed E-state index contributed by atoms with van der Waals surface area (Å²) in [5.74, 6) is 0. The molecule has 0 aliphatic carbocycles. The quantitative estimate of drug-likeness (QED) is 0.183. The van der Waals surface area contributed by atoms with Crippen LogP contribution in [-0.4, -0.2) is 0 Å². The van der Waals surface area contributed by atoms with Crippen molar-refractivity contribution in [2.75, 3.05) is 0 Å². The fourth-order valence-electron chi connectivity index (χ4n) is 5.28. The van der Waals surface area contributed by atoms with Crippen LogP contribution in [0.4, 0.5) is 0 Å². The van der Waals surface area contributed by atoms with Gasteiger partial charge in [-0.05, 0) is 66.5 Å². The maximum atomic E-state index is 9.59. The van der Waals surface area contributed by atoms with Crippen LogP contribution in [0.2, 0.25) is 0 Å². The molecule has 0 fully saturated rings. The zero-order valence-corrected chi connectivity index (χ0v) is 22.4. The summed E-state index contributed by atoms with van der Waals surface area (Å²) in [4.78, 5) is 0. The van der Waals surface area contributed by atoms with Gasteiger partial charge in [0.05, 0.1) is 38.4 Å². The van der Waals surface area contributed by atoms with Crippen LogP contribution in [0, 0.1) is 0 Å². The molecule has 0 saturated heterocycles. The lowest BCUT2D eigenvalue weighted by Gasteiger charge is -2.18. The van der Waals surface area contributed by atoms with Crippen LogP contribution in [0.5, 0.6) is 0 Å². The van der Waals surface area contributed by atoms with Crippen molar-refractivity contribution in [3.63, 3.8) is 0 Å². The maximum absolute atomic E-state index is 9.59. The summed E-state index contributed by atoms with van der Waals surface area (Å²) in [6, 6.07) is -26.5. The number of hydrogen-bond donors (Lipinski definition) is 0. The third-order valence-electron chi connectivity index (χ3n) is 7.12. The molecule has 1 aromatic heterocycles. The summed E-state index contributed by atoms with van der Waals surface area (Å²) in [5.41, 5.74) is -7.29. The summed E-state index contributed by atoms with van der Waals surface area (Å²) in [5, 5.41) is -3.94. The second kappa shape index (κ2) is 10.4. The van der Waals surface area contributed by atoms with Crippen LogP contribution in [-0.2, 0) is 0 Å². The minimum atomic E-state index is -1.11. The molecule has 1 heteroatoms. The Morgan fingerprint density at radius 3 is 1.36 bits per heavy atom. The van der Waals surface area contributed by atoms with Crippen molar-refractivity contribution in [3.8, 4) is 44.5 Å². The van der Waals surface area contributed by atoms with E-state index in [9.17, 15) is 11.0 Å². The summed E-state index contributed by atoms with van der Waals surface area (Å²) < 4.78 is 255. The molecular formula is C44H28O. The molecule has 0 unspecified atom stereocenters. The number of rotatable bonds is 4. The number of furan rings is 1. The predicted molar refractivity (Wildman–Crippen MR) is 190 cm³/mol. The van der Waals surface area contributed by atoms with E-state index in [1.807, 2.05) is 0 Å². The van der Waals surface area contributed by atoms with Gasteiger partial charge >= 0.3 is 0 Å². The van der Waals surface area contributed by atoms with Crippen LogP contribution >= 0.6 is 0 Å². The summed E-state index contributed by atoms with van der Waals surface area (Å²) >= 11 is 0. The molecule has 0 aliphatic rings. The highest BCUT2D eigenvalue weighted by atomic mass is 16.3. The Kier molecular flexibility index (Phi) is 2.32. The van der Waals surface area contributed by atoms with Gasteiger partial charge in [0.15, 0.2) is 0 Å². The molecule has 0 atom stereocenters. The van der Waals surface area contributed by atoms with Gasteiger partial charge in [0.25, 0.3) is 0 Å². The Hall–Kier alpha value is -5.92. The van der Waals surface area contributed by atoms with Crippen LogP contribution in [0.25, 0.3) is 88.0 Å². The van der Waals surface area contributed by atoms with Crippen molar-refractivity contribution in [1.82, 2.24) is 0 Å². The molecule has 1 nitrogen and oxygen atoms in total. The van der Waals surface area contributed by atoms with Crippen molar-refractivity contribution in [2.45, 2.75) is 0 Å². The van der Waals surface area contributed by atoms with Gasteiger partial charge in [-0.25, -0.2) is 0 Å². The smallest absolute Gasteiger partial charge is 0.143 e. The topological polar surface area (TPSA) is 13.1 Å². The zero-order chi connectivity index (χ0) is 54.1. The van der Waals surface area contributed by atoms with Gasteiger partial charge in [-0.1, -0.05) is 163 Å². The fourth-order valence-corrected chi connectivity index (χ4v) is 5.28. The van der Waals surface area contributed by atoms with Gasteiger partial charge in [-0.3, -0.25) is 0 Å². The molecule has 0 N–H and O–H groups in total. The lowest BCUT2D eigenvalue weighted by atomic mass is 9.85. The lowest BCUT2D eigenvalue weighted by molar-refractivity contribution is 0.670. The standard InChI is InChI=1S/C44H28O/c1-3-13-29(14-4-1)33-21-12-24-40-43(33)39-23-11-22-34(44(39)45-40)30-25-27-32(28-26-30)42-37-19-9-7-17-35(37)41(31-15-5-2-6-16-31)36-18-8-10-20-38(36)42/h1-28H/i1D,2D,3D,4D,5D,6D,7D,8D,9D,10D,11D,12D,13D,14D,15D,16D,17D,18D,19D,20D,21D,22D,23D,24D,25D,26D,27D,28D. The summed E-state index contributed by atoms with van der Waals surface area (Å²) in [6.07, 6.45) is 0. The molecule has 0 bridgehead atoms. The van der Waals surface area contributed by atoms with Gasteiger partial charge in [-0.15, -0.1) is 0 Å². The molecule has 45 heavy (non-hydrogen) atoms. The molecule has 8 aromatic carbocycles. The molecule has 0 amide bonds. The average Bonchev–Trinajstić information content (AvgIpc) is 3.76. The SMILES string of the molecule is [2H]c1c([2H])c([2H])c(-c2c3c([2H])c([2H])c([2H])c([2H])c3c(-c3c([2H])c([2H])c(-c4c([2H])c([2H])c([2H])c5c4oc4c([2H])c([2H])c([2H])c(-c6c([2H])c([2H])c([2H])c([2H])c6[2H])c45)c([2H])c3[2H])c3c([2H])c([2H])c([2H])c([2H])c23)c([2H])c1[2H]. The van der Waals surface area contributed by atoms with Gasteiger partial charge in [-0.2, -0.15) is 0 Å². The summed E-state index contributed by atoms with van der Waals surface area (Å²) in [6.45, 7) is 0. The third kappa shape index (κ3) is 4.09. The first-order chi connectivity index (χ1) is 34.0. The molecule has 1 heterocycles. The maximum Gasteiger partial charge on any atom is 0.143 e. The van der Waals surface area contributed by atoms with E-state index in [4.69, 9.17) is 31.8 Å². The van der Waals surface area contributed by atoms with Gasteiger partial charge < -0.3 is 4.42 Å². The largest absolute Gasteiger partial charge is 0.455 e. The molecule has 210 valence electrons. The average molecular weight is 601 g/mol. The van der Waals surface area contributed by atoms with E-state index in [0.717, 1.165) is 0 Å². The second-order valence-corrected chi connectivity index (χ2v) is 9.51. The first-order valence-electron chi connectivity index (χ1n) is 27.2. The van der Waals surface area contributed by atoms with Crippen molar-refractivity contribution < 1.29 is 42.8 Å². The van der Waals surface area contributed by atoms with Crippen molar-refractivity contribution in [2.24, 2.45) is 0 Å². The number of para-hydroxylation sites is 1. The van der Waals surface area contributed by atoms with Crippen molar-refractivity contribution in [1.29, 1.82) is 0 Å². The molecule has 9 rings (SSSR count). The second-order valence-electron chi connectivity index (χ2n) is 9.51. The van der Waals surface area contributed by atoms with Crippen LogP contribution in [0.3, 0.4) is 0 Å². The van der Waals surface area contributed by atoms with Crippen LogP contribution in [0.1, 0.15) is 38.4 Å². The lowest BCUT2D eigenvalue weighted by Crippen LogP contribution is -1.90. The number of fused-ring (bicyclic) bond motifs is 5. The van der Waals surface area contributed by atoms with Gasteiger partial charge in [0, 0.05) is 16.3 Å². The van der Waals surface area contributed by atoms with Gasteiger partial charge in [0.1, 0.15) is 11.2 Å². The van der Waals surface area contributed by atoms with E-state index in [1.54, 1.807) is 0 Å². The molecule has 0 aliphatic heterocycles. The highest BCUT2D eigenvalue weighted by Gasteiger charge is 2.18. The Morgan fingerprint density at radius 1 is 0.333 bits per heavy atom. The van der Waals surface area contributed by atoms with Crippen LogP contribution < -0.4 is 0 Å². The normalized spacial score (nSPS) is 20.3. The Balaban J connectivity index is 1.51. The first-order valence-corrected chi connectivity index (χ1v) is 13.2. The number of benzene rings is 8. The predicted octanol–water partition coefficient (Wildman–Crippen LogP) is 12.6. The molecular weight excluding hydrogens is 544 g/mol. The minimum Gasteiger partial charge on any atom is -0.455 e. The Bertz CT molecular complexity index is 3950. The van der Waals surface area contributed by atoms with E-state index in [2.05, 4.69) is 0 Å². The highest BCUT2D eigenvalue weighted by molar-refractivity contribution is 6.21. The van der Waals surface area contributed by atoms with E-state index >= 15 is 0 Å². The van der Waals surface area contributed by atoms with Crippen LogP contribution in [0.15, 0.2) is 174 Å². The molecule has 0 saturated carbocycles. The van der Waals surface area contributed by atoms with E-state index < -0.39 is 257 Å². The summed E-state index contributed by atoms with van der Waals surface area (Å²) in [7, 11) is 0. The number of hydrogen-bond acceptors (Lipinski definition) is 1. The third-order valence-corrected chi connectivity index (χ3v) is 7.12. The van der Waals surface area contributed by atoms with Crippen molar-refractivity contribution >= 4 is 43.5 Å². The van der Waals surface area contributed by atoms with E-state index in [-0.39, 0.29) is 0 Å². The minimum absolute atomic E-state index is 0.508. The fraction of sp³-hybridized carbons (Fsp3) is 0. The zero-order valence-electron chi connectivity index (χ0n) is 50.4. The van der Waals surface area contributed by atoms with Gasteiger partial charge in [0.2, 0.25) is 0 Å². The highest BCUT2D eigenvalue weighted by Crippen LogP contribution is 2.45.